The van der Waals surface area contributed by atoms with E-state index in [0.29, 0.717) is 5.92 Å². The van der Waals surface area contributed by atoms with Gasteiger partial charge in [0.15, 0.2) is 5.89 Å². The lowest BCUT2D eigenvalue weighted by molar-refractivity contribution is 0.200. The van der Waals surface area contributed by atoms with Crippen LogP contribution in [-0.2, 0) is 6.42 Å². The minimum Gasteiger partial charge on any atom is -0.445 e. The Labute approximate surface area is 103 Å². The first-order valence-electron chi connectivity index (χ1n) is 6.61. The molecule has 1 aromatic rings. The van der Waals surface area contributed by atoms with Crippen LogP contribution in [-0.4, -0.2) is 35.6 Å². The molecular formula is C13H23N3O. The second-order valence-electron chi connectivity index (χ2n) is 5.08. The van der Waals surface area contributed by atoms with E-state index in [2.05, 4.69) is 16.8 Å². The maximum absolute atomic E-state index is 5.81. The molecule has 2 atom stereocenters. The van der Waals surface area contributed by atoms with E-state index in [-0.39, 0.29) is 6.04 Å². The number of nitrogens with two attached hydrogens (primary N) is 1. The van der Waals surface area contributed by atoms with Crippen LogP contribution in [0.1, 0.15) is 44.3 Å². The highest BCUT2D eigenvalue weighted by molar-refractivity contribution is 5.02. The van der Waals surface area contributed by atoms with E-state index < -0.39 is 0 Å². The number of rotatable bonds is 4. The summed E-state index contributed by atoms with van der Waals surface area (Å²) in [5.74, 6) is 2.29. The first-order chi connectivity index (χ1) is 8.19. The van der Waals surface area contributed by atoms with Crippen molar-refractivity contribution in [2.45, 2.75) is 45.1 Å². The minimum atomic E-state index is 0.134. The molecule has 0 amide bonds. The Kier molecular flexibility index (Phi) is 4.18. The molecule has 1 aliphatic rings. The fourth-order valence-electron chi connectivity index (χ4n) is 2.47. The normalized spacial score (nSPS) is 23.8. The minimum absolute atomic E-state index is 0.134. The Morgan fingerprint density at radius 1 is 1.65 bits per heavy atom. The Hall–Kier alpha value is -0.870. The second kappa shape index (κ2) is 5.65. The predicted molar refractivity (Wildman–Crippen MR) is 67.9 cm³/mol. The van der Waals surface area contributed by atoms with Crippen molar-refractivity contribution in [3.05, 3.63) is 17.8 Å². The van der Waals surface area contributed by atoms with Crippen LogP contribution in [0.15, 0.2) is 10.6 Å². The smallest absolute Gasteiger partial charge is 0.198 e. The van der Waals surface area contributed by atoms with Crippen LogP contribution in [0.2, 0.25) is 0 Å². The zero-order chi connectivity index (χ0) is 12.3. The SMILES string of the molecule is CCN1CCCC(c2ncc(CC(C)N)o2)C1. The van der Waals surface area contributed by atoms with Gasteiger partial charge in [0.1, 0.15) is 5.76 Å². The molecule has 1 saturated heterocycles. The summed E-state index contributed by atoms with van der Waals surface area (Å²) in [5, 5.41) is 0. The van der Waals surface area contributed by atoms with Gasteiger partial charge < -0.3 is 15.1 Å². The van der Waals surface area contributed by atoms with E-state index in [1.54, 1.807) is 0 Å². The fourth-order valence-corrected chi connectivity index (χ4v) is 2.47. The van der Waals surface area contributed by atoms with Crippen molar-refractivity contribution in [3.8, 4) is 0 Å². The third kappa shape index (κ3) is 3.30. The molecule has 96 valence electrons. The summed E-state index contributed by atoms with van der Waals surface area (Å²) in [4.78, 5) is 6.87. The summed E-state index contributed by atoms with van der Waals surface area (Å²) in [6.45, 7) is 7.60. The molecule has 4 heteroatoms. The monoisotopic (exact) mass is 237 g/mol. The summed E-state index contributed by atoms with van der Waals surface area (Å²) >= 11 is 0. The molecule has 2 unspecified atom stereocenters. The lowest BCUT2D eigenvalue weighted by Crippen LogP contribution is -2.34. The molecular weight excluding hydrogens is 214 g/mol. The van der Waals surface area contributed by atoms with Crippen molar-refractivity contribution in [2.24, 2.45) is 5.73 Å². The molecule has 0 spiro atoms. The van der Waals surface area contributed by atoms with E-state index in [1.807, 2.05) is 13.1 Å². The van der Waals surface area contributed by atoms with Crippen molar-refractivity contribution >= 4 is 0 Å². The first kappa shape index (κ1) is 12.6. The van der Waals surface area contributed by atoms with Gasteiger partial charge in [-0.1, -0.05) is 6.92 Å². The van der Waals surface area contributed by atoms with Crippen molar-refractivity contribution in [1.29, 1.82) is 0 Å². The van der Waals surface area contributed by atoms with Crippen LogP contribution in [0.3, 0.4) is 0 Å². The molecule has 0 aromatic carbocycles. The molecule has 0 saturated carbocycles. The molecule has 1 fully saturated rings. The molecule has 0 aliphatic carbocycles. The fraction of sp³-hybridized carbons (Fsp3) is 0.769. The highest BCUT2D eigenvalue weighted by Crippen LogP contribution is 2.26. The average molecular weight is 237 g/mol. The molecule has 2 heterocycles. The van der Waals surface area contributed by atoms with Gasteiger partial charge in [-0.25, -0.2) is 4.98 Å². The molecule has 0 bridgehead atoms. The molecule has 2 rings (SSSR count). The molecule has 2 N–H and O–H groups in total. The van der Waals surface area contributed by atoms with Crippen LogP contribution in [0.25, 0.3) is 0 Å². The van der Waals surface area contributed by atoms with Gasteiger partial charge >= 0.3 is 0 Å². The van der Waals surface area contributed by atoms with Crippen LogP contribution in [0.4, 0.5) is 0 Å². The summed E-state index contributed by atoms with van der Waals surface area (Å²) < 4.78 is 5.81. The quantitative estimate of drug-likeness (QED) is 0.867. The Balaban J connectivity index is 1.99. The van der Waals surface area contributed by atoms with Gasteiger partial charge in [-0.3, -0.25) is 0 Å². The van der Waals surface area contributed by atoms with Crippen molar-refractivity contribution in [2.75, 3.05) is 19.6 Å². The average Bonchev–Trinajstić information content (AvgIpc) is 2.77. The van der Waals surface area contributed by atoms with E-state index >= 15 is 0 Å². The number of hydrogen-bond donors (Lipinski definition) is 1. The van der Waals surface area contributed by atoms with E-state index in [4.69, 9.17) is 10.2 Å². The lowest BCUT2D eigenvalue weighted by atomic mass is 9.98. The number of piperidine rings is 1. The van der Waals surface area contributed by atoms with Crippen LogP contribution in [0.5, 0.6) is 0 Å². The number of hydrogen-bond acceptors (Lipinski definition) is 4. The van der Waals surface area contributed by atoms with Gasteiger partial charge in [-0.2, -0.15) is 0 Å². The highest BCUT2D eigenvalue weighted by atomic mass is 16.4. The van der Waals surface area contributed by atoms with Crippen molar-refractivity contribution in [1.82, 2.24) is 9.88 Å². The number of nitrogens with zero attached hydrogens (tertiary/aromatic N) is 2. The third-order valence-corrected chi connectivity index (χ3v) is 3.40. The summed E-state index contributed by atoms with van der Waals surface area (Å²) in [6.07, 6.45) is 5.04. The largest absolute Gasteiger partial charge is 0.445 e. The highest BCUT2D eigenvalue weighted by Gasteiger charge is 2.24. The second-order valence-corrected chi connectivity index (χ2v) is 5.08. The van der Waals surface area contributed by atoms with Gasteiger partial charge in [0.2, 0.25) is 0 Å². The molecule has 1 aliphatic heterocycles. The van der Waals surface area contributed by atoms with Crippen LogP contribution in [0, 0.1) is 0 Å². The van der Waals surface area contributed by atoms with E-state index in [9.17, 15) is 0 Å². The Morgan fingerprint density at radius 2 is 2.47 bits per heavy atom. The van der Waals surface area contributed by atoms with Crippen molar-refractivity contribution < 1.29 is 4.42 Å². The van der Waals surface area contributed by atoms with Crippen LogP contribution >= 0.6 is 0 Å². The summed E-state index contributed by atoms with van der Waals surface area (Å²) in [7, 11) is 0. The summed E-state index contributed by atoms with van der Waals surface area (Å²) in [5.41, 5.74) is 5.76. The van der Waals surface area contributed by atoms with E-state index in [1.165, 1.54) is 19.4 Å². The number of aromatic nitrogens is 1. The zero-order valence-electron chi connectivity index (χ0n) is 10.9. The molecule has 0 radical (unpaired) electrons. The predicted octanol–water partition coefficient (Wildman–Crippen LogP) is 1.76. The van der Waals surface area contributed by atoms with Gasteiger partial charge in [0, 0.05) is 24.9 Å². The number of likely N-dealkylation sites (tertiary alicyclic amines) is 1. The van der Waals surface area contributed by atoms with Crippen LogP contribution < -0.4 is 5.73 Å². The Bertz CT molecular complexity index is 348. The topological polar surface area (TPSA) is 55.3 Å². The first-order valence-corrected chi connectivity index (χ1v) is 6.61. The Morgan fingerprint density at radius 3 is 3.18 bits per heavy atom. The van der Waals surface area contributed by atoms with Gasteiger partial charge in [0.05, 0.1) is 6.20 Å². The van der Waals surface area contributed by atoms with Gasteiger partial charge in [0.25, 0.3) is 0 Å². The van der Waals surface area contributed by atoms with Crippen molar-refractivity contribution in [3.63, 3.8) is 0 Å². The van der Waals surface area contributed by atoms with E-state index in [0.717, 1.165) is 31.2 Å². The molecule has 1 aromatic heterocycles. The molecule has 4 nitrogen and oxygen atoms in total. The standard InChI is InChI=1S/C13H23N3O/c1-3-16-6-4-5-11(9-16)13-15-8-12(17-13)7-10(2)14/h8,10-11H,3-7,9,14H2,1-2H3. The van der Waals surface area contributed by atoms with Gasteiger partial charge in [-0.05, 0) is 32.9 Å². The maximum Gasteiger partial charge on any atom is 0.198 e. The molecule has 17 heavy (non-hydrogen) atoms. The number of likely N-dealkylation sites (N-methyl/N-ethyl adjacent to an activating group) is 1. The third-order valence-electron chi connectivity index (χ3n) is 3.40. The lowest BCUT2D eigenvalue weighted by Gasteiger charge is -2.29. The maximum atomic E-state index is 5.81. The number of oxazole rings is 1. The summed E-state index contributed by atoms with van der Waals surface area (Å²) in [6, 6.07) is 0.134. The zero-order valence-corrected chi connectivity index (χ0v) is 10.9. The van der Waals surface area contributed by atoms with Gasteiger partial charge in [-0.15, -0.1) is 0 Å².